The molecule has 0 amide bonds. The molecule has 8 heteroatoms. The third-order valence-corrected chi connectivity index (χ3v) is 1.36. The van der Waals surface area contributed by atoms with Crippen LogP contribution in [0.4, 0.5) is 19.0 Å². The van der Waals surface area contributed by atoms with Gasteiger partial charge in [-0.15, -0.1) is 13.2 Å². The highest BCUT2D eigenvalue weighted by molar-refractivity contribution is 5.55. The van der Waals surface area contributed by atoms with Crippen LogP contribution in [0.5, 0.6) is 5.75 Å². The minimum Gasteiger partial charge on any atom is -0.400 e. The molecule has 0 saturated carbocycles. The van der Waals surface area contributed by atoms with E-state index in [9.17, 15) is 18.0 Å². The molecule has 0 aliphatic rings. The fourth-order valence-corrected chi connectivity index (χ4v) is 0.876. The number of hydrogen-bond acceptors (Lipinski definition) is 4. The van der Waals surface area contributed by atoms with E-state index in [4.69, 9.17) is 11.0 Å². The second-order valence-electron chi connectivity index (χ2n) is 2.45. The summed E-state index contributed by atoms with van der Waals surface area (Å²) in [5.74, 6) is -1.54. The van der Waals surface area contributed by atoms with E-state index in [1.54, 1.807) is 0 Å². The number of nitrogens with one attached hydrogen (secondary N) is 1. The van der Waals surface area contributed by atoms with E-state index >= 15 is 0 Å². The molecule has 1 aromatic rings. The molecule has 15 heavy (non-hydrogen) atoms. The number of ether oxygens (including phenoxy) is 1. The van der Waals surface area contributed by atoms with Gasteiger partial charge in [-0.3, -0.25) is 4.79 Å². The van der Waals surface area contributed by atoms with Crippen LogP contribution in [0.2, 0.25) is 0 Å². The normalized spacial score (nSPS) is 10.8. The summed E-state index contributed by atoms with van der Waals surface area (Å²) in [7, 11) is 0. The summed E-state index contributed by atoms with van der Waals surface area (Å²) in [6, 6.07) is 2.04. The maximum Gasteiger partial charge on any atom is 0.573 e. The number of alkyl halides is 3. The number of anilines is 1. The average Bonchev–Trinajstić information content (AvgIpc) is 2.07. The molecule has 0 aromatic carbocycles. The van der Waals surface area contributed by atoms with Crippen molar-refractivity contribution in [1.29, 1.82) is 5.26 Å². The topological polar surface area (TPSA) is 91.9 Å². The monoisotopic (exact) mass is 219 g/mol. The van der Waals surface area contributed by atoms with Gasteiger partial charge in [0.1, 0.15) is 17.5 Å². The molecule has 0 saturated heterocycles. The number of nitriles is 1. The fraction of sp³-hybridized carbons (Fsp3) is 0.143. The second-order valence-corrected chi connectivity index (χ2v) is 2.45. The molecule has 3 N–H and O–H groups in total. The van der Waals surface area contributed by atoms with Gasteiger partial charge in [0.25, 0.3) is 5.56 Å². The van der Waals surface area contributed by atoms with Crippen LogP contribution in [-0.4, -0.2) is 11.3 Å². The van der Waals surface area contributed by atoms with Crippen molar-refractivity contribution in [2.24, 2.45) is 0 Å². The third kappa shape index (κ3) is 2.63. The predicted molar refractivity (Wildman–Crippen MR) is 42.9 cm³/mol. The van der Waals surface area contributed by atoms with Crippen molar-refractivity contribution in [3.05, 3.63) is 22.0 Å². The molecule has 5 nitrogen and oxygen atoms in total. The quantitative estimate of drug-likeness (QED) is 0.728. The molecular formula is C7H4F3N3O2. The Morgan fingerprint density at radius 2 is 2.13 bits per heavy atom. The molecule has 0 fully saturated rings. The van der Waals surface area contributed by atoms with E-state index in [-0.39, 0.29) is 0 Å². The Kier molecular flexibility index (Phi) is 2.57. The lowest BCUT2D eigenvalue weighted by atomic mass is 10.2. The van der Waals surface area contributed by atoms with Gasteiger partial charge in [0, 0.05) is 6.07 Å². The van der Waals surface area contributed by atoms with Crippen LogP contribution in [0.1, 0.15) is 5.56 Å². The number of hydrogen-bond donors (Lipinski definition) is 2. The Morgan fingerprint density at radius 1 is 1.53 bits per heavy atom. The minimum absolute atomic E-state index is 0.575. The first-order chi connectivity index (χ1) is 6.83. The summed E-state index contributed by atoms with van der Waals surface area (Å²) in [6.45, 7) is 0. The van der Waals surface area contributed by atoms with E-state index in [0.717, 1.165) is 0 Å². The Morgan fingerprint density at radius 3 is 2.60 bits per heavy atom. The van der Waals surface area contributed by atoms with Crippen molar-refractivity contribution in [3.8, 4) is 11.8 Å². The highest BCUT2D eigenvalue weighted by atomic mass is 19.4. The highest BCUT2D eigenvalue weighted by Crippen LogP contribution is 2.28. The van der Waals surface area contributed by atoms with Gasteiger partial charge in [-0.05, 0) is 0 Å². The molecule has 0 atom stereocenters. The number of halogens is 3. The molecule has 1 aromatic heterocycles. The van der Waals surface area contributed by atoms with Crippen LogP contribution < -0.4 is 16.0 Å². The molecule has 0 bridgehead atoms. The average molecular weight is 219 g/mol. The summed E-state index contributed by atoms with van der Waals surface area (Å²) in [5.41, 5.74) is 3.72. The summed E-state index contributed by atoms with van der Waals surface area (Å²) in [4.78, 5) is 12.6. The van der Waals surface area contributed by atoms with Gasteiger partial charge in [-0.1, -0.05) is 0 Å². The number of aromatic nitrogens is 1. The van der Waals surface area contributed by atoms with E-state index in [1.807, 2.05) is 4.98 Å². The lowest BCUT2D eigenvalue weighted by Gasteiger charge is -2.11. The maximum atomic E-state index is 11.9. The van der Waals surface area contributed by atoms with E-state index < -0.39 is 29.1 Å². The van der Waals surface area contributed by atoms with Crippen LogP contribution in [0.25, 0.3) is 0 Å². The molecule has 0 aliphatic carbocycles. The number of aromatic amines is 1. The van der Waals surface area contributed by atoms with Crippen molar-refractivity contribution in [3.63, 3.8) is 0 Å². The minimum atomic E-state index is -4.97. The van der Waals surface area contributed by atoms with Crippen LogP contribution in [0.15, 0.2) is 10.9 Å². The summed E-state index contributed by atoms with van der Waals surface area (Å²) in [5, 5.41) is 8.46. The SMILES string of the molecule is N#Cc1cc(=O)[nH]c(N)c1OC(F)(F)F. The van der Waals surface area contributed by atoms with Gasteiger partial charge in [0.15, 0.2) is 5.75 Å². The first-order valence-electron chi connectivity index (χ1n) is 3.52. The van der Waals surface area contributed by atoms with Crippen molar-refractivity contribution >= 4 is 5.82 Å². The summed E-state index contributed by atoms with van der Waals surface area (Å²) < 4.78 is 39.1. The van der Waals surface area contributed by atoms with Gasteiger partial charge in [-0.25, -0.2) is 0 Å². The molecule has 1 heterocycles. The van der Waals surface area contributed by atoms with E-state index in [0.29, 0.717) is 6.07 Å². The lowest BCUT2D eigenvalue weighted by molar-refractivity contribution is -0.274. The molecule has 0 unspecified atom stereocenters. The Bertz CT molecular complexity index is 472. The zero-order valence-corrected chi connectivity index (χ0v) is 7.05. The molecule has 0 spiro atoms. The van der Waals surface area contributed by atoms with Gasteiger partial charge in [0.05, 0.1) is 0 Å². The van der Waals surface area contributed by atoms with Crippen LogP contribution >= 0.6 is 0 Å². The van der Waals surface area contributed by atoms with Gasteiger partial charge >= 0.3 is 6.36 Å². The van der Waals surface area contributed by atoms with Crippen molar-refractivity contribution in [1.82, 2.24) is 4.98 Å². The molecule has 0 aliphatic heterocycles. The van der Waals surface area contributed by atoms with Gasteiger partial charge in [-0.2, -0.15) is 5.26 Å². The van der Waals surface area contributed by atoms with Crippen molar-refractivity contribution in [2.45, 2.75) is 6.36 Å². The smallest absolute Gasteiger partial charge is 0.400 e. The van der Waals surface area contributed by atoms with Crippen LogP contribution in [0.3, 0.4) is 0 Å². The number of pyridine rings is 1. The maximum absolute atomic E-state index is 11.9. The van der Waals surface area contributed by atoms with Gasteiger partial charge < -0.3 is 15.5 Å². The van der Waals surface area contributed by atoms with E-state index in [1.165, 1.54) is 6.07 Å². The number of H-pyrrole nitrogens is 1. The molecule has 0 radical (unpaired) electrons. The predicted octanol–water partition coefficient (Wildman–Crippen LogP) is 0.727. The fourth-order valence-electron chi connectivity index (χ4n) is 0.876. The van der Waals surface area contributed by atoms with E-state index in [2.05, 4.69) is 4.74 Å². The highest BCUT2D eigenvalue weighted by Gasteiger charge is 2.33. The van der Waals surface area contributed by atoms with Crippen LogP contribution in [-0.2, 0) is 0 Å². The first-order valence-corrected chi connectivity index (χ1v) is 3.52. The number of nitrogen functional groups attached to an aromatic ring is 1. The largest absolute Gasteiger partial charge is 0.573 e. The zero-order valence-electron chi connectivity index (χ0n) is 7.05. The third-order valence-electron chi connectivity index (χ3n) is 1.36. The number of nitrogens with two attached hydrogens (primary N) is 1. The zero-order chi connectivity index (χ0) is 11.6. The number of rotatable bonds is 1. The van der Waals surface area contributed by atoms with Crippen molar-refractivity contribution in [2.75, 3.05) is 5.73 Å². The first kappa shape index (κ1) is 10.9. The molecule has 1 rings (SSSR count). The van der Waals surface area contributed by atoms with Crippen LogP contribution in [0, 0.1) is 11.3 Å². The second kappa shape index (κ2) is 3.53. The van der Waals surface area contributed by atoms with Gasteiger partial charge in [0.2, 0.25) is 0 Å². The molecular weight excluding hydrogens is 215 g/mol. The lowest BCUT2D eigenvalue weighted by Crippen LogP contribution is -2.21. The Hall–Kier alpha value is -2.17. The van der Waals surface area contributed by atoms with Crippen molar-refractivity contribution < 1.29 is 17.9 Å². The number of nitrogens with zero attached hydrogens (tertiary/aromatic N) is 1. The summed E-state index contributed by atoms with van der Waals surface area (Å²) in [6.07, 6.45) is -4.97. The Balaban J connectivity index is 3.29. The standard InChI is InChI=1S/C7H4F3N3O2/c8-7(9,10)15-5-3(2-11)1-4(14)13-6(5)12/h1H,(H3,12,13,14). The molecule has 80 valence electrons. The Labute approximate surface area is 80.9 Å². The summed E-state index contributed by atoms with van der Waals surface area (Å²) >= 11 is 0.